The van der Waals surface area contributed by atoms with Crippen LogP contribution in [-0.4, -0.2) is 18.6 Å². The number of fused-ring (bicyclic) bond motifs is 1. The first-order valence-electron chi connectivity index (χ1n) is 8.17. The summed E-state index contributed by atoms with van der Waals surface area (Å²) < 4.78 is 5.69. The molecule has 0 saturated heterocycles. The number of nitrogens with one attached hydrogen (secondary N) is 1. The molecule has 4 heteroatoms. The standard InChI is InChI=1S/C20H22N2O2/c1-4-14(3)22-20(23)16(13-21)12-18-17-9-7-6-8-15(17)10-11-19(18)24-5-2/h6-12,14H,4-5H2,1-3H3,(H,22,23)/b16-12+/t14-/m0/s1. The SMILES string of the molecule is CCOc1ccc2ccccc2c1/C=C(\C#N)C(=O)N[C@@H](C)CC. The second-order valence-corrected chi connectivity index (χ2v) is 5.58. The summed E-state index contributed by atoms with van der Waals surface area (Å²) in [5, 5.41) is 14.2. The van der Waals surface area contributed by atoms with Gasteiger partial charge in [0, 0.05) is 11.6 Å². The number of nitriles is 1. The van der Waals surface area contributed by atoms with E-state index in [1.165, 1.54) is 0 Å². The molecular weight excluding hydrogens is 300 g/mol. The van der Waals surface area contributed by atoms with Crippen molar-refractivity contribution in [3.05, 3.63) is 47.5 Å². The van der Waals surface area contributed by atoms with Crippen molar-refractivity contribution in [2.75, 3.05) is 6.61 Å². The van der Waals surface area contributed by atoms with Crippen LogP contribution >= 0.6 is 0 Å². The summed E-state index contributed by atoms with van der Waals surface area (Å²) in [7, 11) is 0. The molecule has 0 fully saturated rings. The highest BCUT2D eigenvalue weighted by Gasteiger charge is 2.14. The monoisotopic (exact) mass is 322 g/mol. The van der Waals surface area contributed by atoms with Crippen LogP contribution in [0.1, 0.15) is 32.8 Å². The Morgan fingerprint density at radius 1 is 1.29 bits per heavy atom. The van der Waals surface area contributed by atoms with Crippen LogP contribution < -0.4 is 10.1 Å². The molecule has 124 valence electrons. The zero-order valence-corrected chi connectivity index (χ0v) is 14.3. The van der Waals surface area contributed by atoms with E-state index in [-0.39, 0.29) is 17.5 Å². The number of rotatable bonds is 6. The molecule has 0 aliphatic heterocycles. The highest BCUT2D eigenvalue weighted by atomic mass is 16.5. The summed E-state index contributed by atoms with van der Waals surface area (Å²) in [6.45, 7) is 6.32. The molecule has 0 aromatic heterocycles. The van der Waals surface area contributed by atoms with Gasteiger partial charge in [-0.3, -0.25) is 4.79 Å². The zero-order chi connectivity index (χ0) is 17.5. The van der Waals surface area contributed by atoms with Crippen molar-refractivity contribution in [2.24, 2.45) is 0 Å². The molecule has 24 heavy (non-hydrogen) atoms. The molecular formula is C20H22N2O2. The van der Waals surface area contributed by atoms with Crippen LogP contribution in [0.5, 0.6) is 5.75 Å². The summed E-state index contributed by atoms with van der Waals surface area (Å²) >= 11 is 0. The van der Waals surface area contributed by atoms with E-state index in [0.717, 1.165) is 22.8 Å². The van der Waals surface area contributed by atoms with Crippen LogP contribution in [-0.2, 0) is 4.79 Å². The summed E-state index contributed by atoms with van der Waals surface area (Å²) in [5.74, 6) is 0.308. The van der Waals surface area contributed by atoms with Gasteiger partial charge in [0.15, 0.2) is 0 Å². The maximum Gasteiger partial charge on any atom is 0.262 e. The molecule has 0 aliphatic rings. The van der Waals surface area contributed by atoms with Crippen LogP contribution in [0.25, 0.3) is 16.8 Å². The van der Waals surface area contributed by atoms with Gasteiger partial charge < -0.3 is 10.1 Å². The number of benzene rings is 2. The fourth-order valence-electron chi connectivity index (χ4n) is 2.40. The maximum absolute atomic E-state index is 12.3. The van der Waals surface area contributed by atoms with Crippen molar-refractivity contribution in [1.29, 1.82) is 5.26 Å². The molecule has 0 radical (unpaired) electrons. The van der Waals surface area contributed by atoms with Crippen molar-refractivity contribution in [2.45, 2.75) is 33.2 Å². The highest BCUT2D eigenvalue weighted by Crippen LogP contribution is 2.30. The van der Waals surface area contributed by atoms with Crippen LogP contribution in [0.4, 0.5) is 0 Å². The van der Waals surface area contributed by atoms with Gasteiger partial charge in [-0.15, -0.1) is 0 Å². The largest absolute Gasteiger partial charge is 0.493 e. The first kappa shape index (κ1) is 17.6. The lowest BCUT2D eigenvalue weighted by Gasteiger charge is -2.13. The minimum atomic E-state index is -0.359. The van der Waals surface area contributed by atoms with Crippen LogP contribution in [0.2, 0.25) is 0 Å². The second-order valence-electron chi connectivity index (χ2n) is 5.58. The molecule has 1 N–H and O–H groups in total. The molecule has 0 bridgehead atoms. The van der Waals surface area contributed by atoms with Crippen molar-refractivity contribution < 1.29 is 9.53 Å². The third-order valence-corrected chi connectivity index (χ3v) is 3.87. The smallest absolute Gasteiger partial charge is 0.262 e. The molecule has 0 unspecified atom stereocenters. The van der Waals surface area contributed by atoms with E-state index in [1.807, 2.05) is 63.2 Å². The Labute approximate surface area is 142 Å². The topological polar surface area (TPSA) is 62.1 Å². The van der Waals surface area contributed by atoms with Crippen molar-refractivity contribution in [3.63, 3.8) is 0 Å². The summed E-state index contributed by atoms with van der Waals surface area (Å²) in [5.41, 5.74) is 0.832. The predicted molar refractivity (Wildman–Crippen MR) is 96.6 cm³/mol. The minimum Gasteiger partial charge on any atom is -0.493 e. The van der Waals surface area contributed by atoms with Gasteiger partial charge in [0.2, 0.25) is 0 Å². The van der Waals surface area contributed by atoms with E-state index in [9.17, 15) is 10.1 Å². The summed E-state index contributed by atoms with van der Waals surface area (Å²) in [6, 6.07) is 13.7. The highest BCUT2D eigenvalue weighted by molar-refractivity contribution is 6.05. The van der Waals surface area contributed by atoms with Gasteiger partial charge in [-0.2, -0.15) is 5.26 Å². The maximum atomic E-state index is 12.3. The number of carbonyl (C=O) groups is 1. The number of hydrogen-bond acceptors (Lipinski definition) is 3. The Morgan fingerprint density at radius 3 is 2.71 bits per heavy atom. The molecule has 2 aromatic carbocycles. The lowest BCUT2D eigenvalue weighted by atomic mass is 10.0. The predicted octanol–water partition coefficient (Wildman–Crippen LogP) is 4.06. The van der Waals surface area contributed by atoms with Crippen molar-refractivity contribution >= 4 is 22.8 Å². The number of hydrogen-bond donors (Lipinski definition) is 1. The van der Waals surface area contributed by atoms with Gasteiger partial charge in [0.05, 0.1) is 6.61 Å². The van der Waals surface area contributed by atoms with E-state index in [1.54, 1.807) is 6.08 Å². The summed E-state index contributed by atoms with van der Waals surface area (Å²) in [4.78, 5) is 12.3. The Bertz CT molecular complexity index is 803. The molecule has 1 atom stereocenters. The fourth-order valence-corrected chi connectivity index (χ4v) is 2.40. The first-order chi connectivity index (χ1) is 11.6. The van der Waals surface area contributed by atoms with Gasteiger partial charge >= 0.3 is 0 Å². The van der Waals surface area contributed by atoms with Crippen LogP contribution in [0, 0.1) is 11.3 Å². The van der Waals surface area contributed by atoms with Gasteiger partial charge in [-0.25, -0.2) is 0 Å². The second kappa shape index (κ2) is 8.16. The van der Waals surface area contributed by atoms with E-state index in [4.69, 9.17) is 4.74 Å². The molecule has 4 nitrogen and oxygen atoms in total. The molecule has 0 heterocycles. The Hall–Kier alpha value is -2.80. The zero-order valence-electron chi connectivity index (χ0n) is 14.3. The van der Waals surface area contributed by atoms with Crippen LogP contribution in [0.3, 0.4) is 0 Å². The number of nitrogens with zero attached hydrogens (tertiary/aromatic N) is 1. The van der Waals surface area contributed by atoms with Crippen molar-refractivity contribution in [1.82, 2.24) is 5.32 Å². The van der Waals surface area contributed by atoms with Gasteiger partial charge in [0.1, 0.15) is 17.4 Å². The average Bonchev–Trinajstić information content (AvgIpc) is 2.60. The number of carbonyl (C=O) groups excluding carboxylic acids is 1. The van der Waals surface area contributed by atoms with Gasteiger partial charge in [0.25, 0.3) is 5.91 Å². The fraction of sp³-hybridized carbons (Fsp3) is 0.300. The Balaban J connectivity index is 2.54. The van der Waals surface area contributed by atoms with Crippen LogP contribution in [0.15, 0.2) is 42.0 Å². The summed E-state index contributed by atoms with van der Waals surface area (Å²) in [6.07, 6.45) is 2.42. The quantitative estimate of drug-likeness (QED) is 0.644. The Kier molecular flexibility index (Phi) is 5.97. The molecule has 2 rings (SSSR count). The molecule has 0 aliphatic carbocycles. The molecule has 0 spiro atoms. The molecule has 0 saturated carbocycles. The van der Waals surface area contributed by atoms with E-state index < -0.39 is 0 Å². The van der Waals surface area contributed by atoms with E-state index >= 15 is 0 Å². The first-order valence-corrected chi connectivity index (χ1v) is 8.17. The van der Waals surface area contributed by atoms with Crippen molar-refractivity contribution in [3.8, 4) is 11.8 Å². The van der Waals surface area contributed by atoms with Gasteiger partial charge in [-0.1, -0.05) is 37.3 Å². The minimum absolute atomic E-state index is 0.0214. The normalized spacial score (nSPS) is 12.5. The third kappa shape index (κ3) is 3.94. The van der Waals surface area contributed by atoms with E-state index in [2.05, 4.69) is 5.32 Å². The third-order valence-electron chi connectivity index (χ3n) is 3.87. The average molecular weight is 322 g/mol. The number of amides is 1. The van der Waals surface area contributed by atoms with Gasteiger partial charge in [-0.05, 0) is 43.2 Å². The lowest BCUT2D eigenvalue weighted by Crippen LogP contribution is -2.32. The number of ether oxygens (including phenoxy) is 1. The molecule has 1 amide bonds. The molecule has 2 aromatic rings. The Morgan fingerprint density at radius 2 is 2.04 bits per heavy atom. The lowest BCUT2D eigenvalue weighted by molar-refractivity contribution is -0.117. The van der Waals surface area contributed by atoms with E-state index in [0.29, 0.717) is 12.4 Å².